The summed E-state index contributed by atoms with van der Waals surface area (Å²) in [5.41, 5.74) is -2.91. The number of hydrogen-bond acceptors (Lipinski definition) is 3. The second-order valence-electron chi connectivity index (χ2n) is 2.79. The second kappa shape index (κ2) is 4.82. The van der Waals surface area contributed by atoms with E-state index in [0.717, 1.165) is 0 Å². The third-order valence-corrected chi connectivity index (χ3v) is 1.74. The van der Waals surface area contributed by atoms with Crippen LogP contribution in [0, 0.1) is 5.82 Å². The van der Waals surface area contributed by atoms with E-state index in [-0.39, 0.29) is 6.61 Å². The number of pyridine rings is 1. The van der Waals surface area contributed by atoms with Crippen LogP contribution < -0.4 is 5.56 Å². The molecule has 0 spiro atoms. The van der Waals surface area contributed by atoms with Crippen LogP contribution in [0.4, 0.5) is 13.2 Å². The van der Waals surface area contributed by atoms with Crippen molar-refractivity contribution in [2.75, 3.05) is 6.61 Å². The predicted octanol–water partition coefficient (Wildman–Crippen LogP) is 1.63. The van der Waals surface area contributed by atoms with Gasteiger partial charge in [0.25, 0.3) is 12.0 Å². The number of ether oxygens (including phenoxy) is 1. The maximum Gasteiger partial charge on any atom is 0.340 e. The molecular weight excluding hydrogens is 227 g/mol. The molecule has 0 aliphatic carbocycles. The van der Waals surface area contributed by atoms with Gasteiger partial charge in [-0.3, -0.25) is 4.79 Å². The first kappa shape index (κ1) is 12.3. The van der Waals surface area contributed by atoms with Gasteiger partial charge in [0.05, 0.1) is 17.9 Å². The number of H-pyrrole nitrogens is 1. The lowest BCUT2D eigenvalue weighted by atomic mass is 10.2. The largest absolute Gasteiger partial charge is 0.462 e. The summed E-state index contributed by atoms with van der Waals surface area (Å²) in [5, 5.41) is 0. The average Bonchev–Trinajstić information content (AvgIpc) is 2.21. The molecule has 0 bridgehead atoms. The minimum atomic E-state index is -3.09. The van der Waals surface area contributed by atoms with Crippen LogP contribution in [0.2, 0.25) is 0 Å². The molecule has 0 atom stereocenters. The number of rotatable bonds is 3. The van der Waals surface area contributed by atoms with Gasteiger partial charge in [-0.15, -0.1) is 0 Å². The fraction of sp³-hybridized carbons (Fsp3) is 0.333. The van der Waals surface area contributed by atoms with Crippen molar-refractivity contribution in [3.8, 4) is 0 Å². The van der Waals surface area contributed by atoms with Crippen molar-refractivity contribution in [1.82, 2.24) is 4.98 Å². The molecule has 1 heterocycles. The Morgan fingerprint density at radius 2 is 2.19 bits per heavy atom. The van der Waals surface area contributed by atoms with E-state index in [0.29, 0.717) is 6.07 Å². The first-order valence-electron chi connectivity index (χ1n) is 4.35. The highest BCUT2D eigenvalue weighted by Crippen LogP contribution is 2.20. The normalized spacial score (nSPS) is 10.6. The molecule has 7 heteroatoms. The smallest absolute Gasteiger partial charge is 0.340 e. The van der Waals surface area contributed by atoms with Gasteiger partial charge in [-0.05, 0) is 13.0 Å². The molecule has 88 valence electrons. The van der Waals surface area contributed by atoms with Crippen molar-refractivity contribution < 1.29 is 22.7 Å². The SMILES string of the molecule is CCOC(=O)c1cc(F)c(=O)[nH]c1C(F)F. The van der Waals surface area contributed by atoms with Crippen molar-refractivity contribution in [2.45, 2.75) is 13.3 Å². The molecule has 0 aliphatic rings. The monoisotopic (exact) mass is 235 g/mol. The number of esters is 1. The Bertz CT molecular complexity index is 456. The van der Waals surface area contributed by atoms with Gasteiger partial charge in [0.2, 0.25) is 0 Å². The Hall–Kier alpha value is -1.79. The zero-order chi connectivity index (χ0) is 12.3. The van der Waals surface area contributed by atoms with Crippen LogP contribution in [0.3, 0.4) is 0 Å². The van der Waals surface area contributed by atoms with E-state index in [1.165, 1.54) is 6.92 Å². The zero-order valence-corrected chi connectivity index (χ0v) is 8.22. The third-order valence-electron chi connectivity index (χ3n) is 1.74. The maximum atomic E-state index is 12.8. The minimum absolute atomic E-state index is 0.0394. The highest BCUT2D eigenvalue weighted by molar-refractivity contribution is 5.90. The Kier molecular flexibility index (Phi) is 3.70. The fourth-order valence-corrected chi connectivity index (χ4v) is 1.07. The fourth-order valence-electron chi connectivity index (χ4n) is 1.07. The Morgan fingerprint density at radius 3 is 2.69 bits per heavy atom. The Morgan fingerprint density at radius 1 is 1.56 bits per heavy atom. The number of carbonyl (C=O) groups is 1. The maximum absolute atomic E-state index is 12.8. The van der Waals surface area contributed by atoms with Crippen LogP contribution in [0.25, 0.3) is 0 Å². The highest BCUT2D eigenvalue weighted by Gasteiger charge is 2.22. The van der Waals surface area contributed by atoms with Gasteiger partial charge in [-0.25, -0.2) is 18.0 Å². The number of carbonyl (C=O) groups excluding carboxylic acids is 1. The molecule has 16 heavy (non-hydrogen) atoms. The van der Waals surface area contributed by atoms with Crippen molar-refractivity contribution in [1.29, 1.82) is 0 Å². The second-order valence-corrected chi connectivity index (χ2v) is 2.79. The lowest BCUT2D eigenvalue weighted by Gasteiger charge is -2.07. The summed E-state index contributed by atoms with van der Waals surface area (Å²) >= 11 is 0. The molecular formula is C9H8F3NO3. The first-order chi connectivity index (χ1) is 7.47. The summed E-state index contributed by atoms with van der Waals surface area (Å²) in [6.07, 6.45) is -3.09. The number of aromatic nitrogens is 1. The number of alkyl halides is 2. The summed E-state index contributed by atoms with van der Waals surface area (Å²) in [7, 11) is 0. The van der Waals surface area contributed by atoms with Crippen molar-refractivity contribution in [3.05, 3.63) is 33.5 Å². The predicted molar refractivity (Wildman–Crippen MR) is 47.9 cm³/mol. The van der Waals surface area contributed by atoms with Gasteiger partial charge in [0.1, 0.15) is 0 Å². The zero-order valence-electron chi connectivity index (χ0n) is 8.22. The van der Waals surface area contributed by atoms with Gasteiger partial charge in [-0.2, -0.15) is 0 Å². The number of hydrogen-bond donors (Lipinski definition) is 1. The van der Waals surface area contributed by atoms with E-state index in [1.807, 2.05) is 0 Å². The van der Waals surface area contributed by atoms with Gasteiger partial charge in [0, 0.05) is 0 Å². The van der Waals surface area contributed by atoms with E-state index in [9.17, 15) is 22.8 Å². The van der Waals surface area contributed by atoms with Crippen LogP contribution in [0.1, 0.15) is 29.4 Å². The topological polar surface area (TPSA) is 59.2 Å². The first-order valence-corrected chi connectivity index (χ1v) is 4.35. The Balaban J connectivity index is 3.30. The van der Waals surface area contributed by atoms with E-state index in [4.69, 9.17) is 0 Å². The lowest BCUT2D eigenvalue weighted by molar-refractivity contribution is 0.0512. The summed E-state index contributed by atoms with van der Waals surface area (Å²) in [5.74, 6) is -2.42. The van der Waals surface area contributed by atoms with Crippen molar-refractivity contribution in [3.63, 3.8) is 0 Å². The molecule has 1 N–H and O–H groups in total. The lowest BCUT2D eigenvalue weighted by Crippen LogP contribution is -2.19. The molecule has 1 aromatic rings. The Labute approximate surface area is 88.0 Å². The highest BCUT2D eigenvalue weighted by atomic mass is 19.3. The molecule has 0 unspecified atom stereocenters. The molecule has 0 radical (unpaired) electrons. The van der Waals surface area contributed by atoms with Crippen LogP contribution in [-0.4, -0.2) is 17.6 Å². The summed E-state index contributed by atoms with van der Waals surface area (Å²) in [6.45, 7) is 1.43. The molecule has 4 nitrogen and oxygen atoms in total. The summed E-state index contributed by atoms with van der Waals surface area (Å²) in [6, 6.07) is 0.443. The summed E-state index contributed by atoms with van der Waals surface area (Å²) in [4.78, 5) is 23.6. The molecule has 0 fully saturated rings. The van der Waals surface area contributed by atoms with E-state index >= 15 is 0 Å². The van der Waals surface area contributed by atoms with Gasteiger partial charge in [-0.1, -0.05) is 0 Å². The van der Waals surface area contributed by atoms with E-state index < -0.39 is 35.0 Å². The molecule has 0 saturated heterocycles. The van der Waals surface area contributed by atoms with Crippen molar-refractivity contribution >= 4 is 5.97 Å². The average molecular weight is 235 g/mol. The van der Waals surface area contributed by atoms with Gasteiger partial charge in [0.15, 0.2) is 5.82 Å². The number of nitrogens with one attached hydrogen (secondary N) is 1. The summed E-state index contributed by atoms with van der Waals surface area (Å²) < 4.78 is 42.2. The van der Waals surface area contributed by atoms with Gasteiger partial charge >= 0.3 is 5.97 Å². The minimum Gasteiger partial charge on any atom is -0.462 e. The van der Waals surface area contributed by atoms with Crippen molar-refractivity contribution in [2.24, 2.45) is 0 Å². The van der Waals surface area contributed by atoms with Crippen LogP contribution in [0.5, 0.6) is 0 Å². The van der Waals surface area contributed by atoms with Crippen LogP contribution in [-0.2, 0) is 4.74 Å². The third kappa shape index (κ3) is 2.41. The van der Waals surface area contributed by atoms with Crippen LogP contribution in [0.15, 0.2) is 10.9 Å². The van der Waals surface area contributed by atoms with Gasteiger partial charge < -0.3 is 9.72 Å². The number of aromatic amines is 1. The quantitative estimate of drug-likeness (QED) is 0.810. The van der Waals surface area contributed by atoms with Crippen LogP contribution >= 0.6 is 0 Å². The molecule has 0 aliphatic heterocycles. The molecule has 1 rings (SSSR count). The standard InChI is InChI=1S/C9H8F3NO3/c1-2-16-9(15)4-3-5(10)8(14)13-6(4)7(11)12/h3,7H,2H2,1H3,(H,13,14). The molecule has 0 amide bonds. The van der Waals surface area contributed by atoms with E-state index in [1.54, 1.807) is 4.98 Å². The molecule has 0 saturated carbocycles. The number of halogens is 3. The van der Waals surface area contributed by atoms with E-state index in [2.05, 4.69) is 4.74 Å². The molecule has 1 aromatic heterocycles. The molecule has 0 aromatic carbocycles.